The molecule has 0 aliphatic heterocycles. The highest BCUT2D eigenvalue weighted by atomic mass is 35.5. The van der Waals surface area contributed by atoms with Crippen molar-refractivity contribution in [2.75, 3.05) is 0 Å². The van der Waals surface area contributed by atoms with Gasteiger partial charge in [0.2, 0.25) is 0 Å². The van der Waals surface area contributed by atoms with Gasteiger partial charge in [-0.05, 0) is 36.8 Å². The van der Waals surface area contributed by atoms with E-state index in [9.17, 15) is 13.2 Å². The molecule has 5 heteroatoms. The van der Waals surface area contributed by atoms with Crippen molar-refractivity contribution in [1.29, 1.82) is 0 Å². The Morgan fingerprint density at radius 3 is 2.37 bits per heavy atom. The SMILES string of the molecule is Cc1cc(F)c(C(N)c2c(F)cccc2Cl)cc1F. The van der Waals surface area contributed by atoms with E-state index < -0.39 is 23.5 Å². The van der Waals surface area contributed by atoms with Gasteiger partial charge in [0.15, 0.2) is 0 Å². The Kier molecular flexibility index (Phi) is 3.83. The van der Waals surface area contributed by atoms with Gasteiger partial charge in [0.25, 0.3) is 0 Å². The predicted octanol–water partition coefficient (Wildman–Crippen LogP) is 4.11. The largest absolute Gasteiger partial charge is 0.320 e. The third-order valence-electron chi connectivity index (χ3n) is 2.92. The molecule has 0 heterocycles. The molecule has 0 saturated carbocycles. The van der Waals surface area contributed by atoms with Crippen molar-refractivity contribution in [3.05, 3.63) is 69.5 Å². The normalized spacial score (nSPS) is 12.5. The summed E-state index contributed by atoms with van der Waals surface area (Å²) in [5, 5.41) is 0.0767. The van der Waals surface area contributed by atoms with E-state index in [1.165, 1.54) is 25.1 Å². The average Bonchev–Trinajstić information content (AvgIpc) is 2.33. The summed E-state index contributed by atoms with van der Waals surface area (Å²) in [6.45, 7) is 1.43. The van der Waals surface area contributed by atoms with Crippen LogP contribution in [-0.2, 0) is 0 Å². The number of nitrogens with two attached hydrogens (primary N) is 1. The highest BCUT2D eigenvalue weighted by Gasteiger charge is 2.21. The Balaban J connectivity index is 2.56. The van der Waals surface area contributed by atoms with E-state index in [1.54, 1.807) is 0 Å². The Bertz CT molecular complexity index is 608. The van der Waals surface area contributed by atoms with Crippen molar-refractivity contribution < 1.29 is 13.2 Å². The van der Waals surface area contributed by atoms with E-state index in [2.05, 4.69) is 0 Å². The maximum Gasteiger partial charge on any atom is 0.129 e. The number of hydrogen-bond donors (Lipinski definition) is 1. The molecule has 2 aromatic carbocycles. The van der Waals surface area contributed by atoms with Gasteiger partial charge in [-0.25, -0.2) is 13.2 Å². The molecule has 2 aromatic rings. The second-order valence-electron chi connectivity index (χ2n) is 4.24. The van der Waals surface area contributed by atoms with Crippen molar-refractivity contribution in [2.24, 2.45) is 5.73 Å². The number of rotatable bonds is 2. The molecule has 19 heavy (non-hydrogen) atoms. The molecule has 0 aromatic heterocycles. The maximum absolute atomic E-state index is 13.8. The second kappa shape index (κ2) is 5.23. The third kappa shape index (κ3) is 2.60. The quantitative estimate of drug-likeness (QED) is 0.883. The molecule has 0 saturated heterocycles. The molecule has 0 fully saturated rings. The van der Waals surface area contributed by atoms with Gasteiger partial charge >= 0.3 is 0 Å². The molecule has 1 atom stereocenters. The topological polar surface area (TPSA) is 26.0 Å². The van der Waals surface area contributed by atoms with Crippen LogP contribution < -0.4 is 5.73 Å². The molecular weight excluding hydrogens is 275 g/mol. The van der Waals surface area contributed by atoms with Crippen LogP contribution in [0.15, 0.2) is 30.3 Å². The Labute approximate surface area is 113 Å². The summed E-state index contributed by atoms with van der Waals surface area (Å²) in [7, 11) is 0. The summed E-state index contributed by atoms with van der Waals surface area (Å²) in [6, 6.07) is 4.87. The van der Waals surface area contributed by atoms with Gasteiger partial charge in [0, 0.05) is 16.1 Å². The fourth-order valence-electron chi connectivity index (χ4n) is 1.86. The summed E-state index contributed by atoms with van der Waals surface area (Å²) < 4.78 is 41.0. The lowest BCUT2D eigenvalue weighted by Gasteiger charge is -2.16. The van der Waals surface area contributed by atoms with Crippen LogP contribution in [0.2, 0.25) is 5.02 Å². The van der Waals surface area contributed by atoms with E-state index in [0.29, 0.717) is 0 Å². The zero-order valence-corrected chi connectivity index (χ0v) is 10.8. The Morgan fingerprint density at radius 1 is 1.05 bits per heavy atom. The lowest BCUT2D eigenvalue weighted by atomic mass is 9.97. The molecule has 1 unspecified atom stereocenters. The number of benzene rings is 2. The highest BCUT2D eigenvalue weighted by molar-refractivity contribution is 6.31. The van der Waals surface area contributed by atoms with Gasteiger partial charge < -0.3 is 5.73 Å². The minimum Gasteiger partial charge on any atom is -0.320 e. The van der Waals surface area contributed by atoms with Gasteiger partial charge in [-0.15, -0.1) is 0 Å². The fourth-order valence-corrected chi connectivity index (χ4v) is 2.14. The molecule has 0 spiro atoms. The molecule has 0 bridgehead atoms. The van der Waals surface area contributed by atoms with Crippen molar-refractivity contribution >= 4 is 11.6 Å². The summed E-state index contributed by atoms with van der Waals surface area (Å²) in [5.74, 6) is -1.94. The van der Waals surface area contributed by atoms with E-state index in [1.807, 2.05) is 0 Å². The van der Waals surface area contributed by atoms with E-state index in [4.69, 9.17) is 17.3 Å². The monoisotopic (exact) mass is 285 g/mol. The zero-order valence-electron chi connectivity index (χ0n) is 10.1. The number of hydrogen-bond acceptors (Lipinski definition) is 1. The van der Waals surface area contributed by atoms with Crippen LogP contribution in [0, 0.1) is 24.4 Å². The van der Waals surface area contributed by atoms with E-state index in [0.717, 1.165) is 12.1 Å². The lowest BCUT2D eigenvalue weighted by molar-refractivity contribution is 0.559. The first-order valence-electron chi connectivity index (χ1n) is 5.57. The van der Waals surface area contributed by atoms with E-state index >= 15 is 0 Å². The predicted molar refractivity (Wildman–Crippen MR) is 68.5 cm³/mol. The second-order valence-corrected chi connectivity index (χ2v) is 4.64. The van der Waals surface area contributed by atoms with E-state index in [-0.39, 0.29) is 21.7 Å². The summed E-state index contributed by atoms with van der Waals surface area (Å²) in [4.78, 5) is 0. The van der Waals surface area contributed by atoms with Crippen molar-refractivity contribution in [3.8, 4) is 0 Å². The van der Waals surface area contributed by atoms with Crippen LogP contribution >= 0.6 is 11.6 Å². The molecule has 2 N–H and O–H groups in total. The van der Waals surface area contributed by atoms with Gasteiger partial charge in [-0.1, -0.05) is 17.7 Å². The van der Waals surface area contributed by atoms with Gasteiger partial charge in [0.05, 0.1) is 6.04 Å². The smallest absolute Gasteiger partial charge is 0.129 e. The first kappa shape index (κ1) is 13.9. The van der Waals surface area contributed by atoms with Crippen molar-refractivity contribution in [2.45, 2.75) is 13.0 Å². The number of halogens is 4. The Morgan fingerprint density at radius 2 is 1.74 bits per heavy atom. The van der Waals surface area contributed by atoms with Gasteiger partial charge in [-0.3, -0.25) is 0 Å². The highest BCUT2D eigenvalue weighted by Crippen LogP contribution is 2.31. The molecule has 2 rings (SSSR count). The first-order chi connectivity index (χ1) is 8.91. The summed E-state index contributed by atoms with van der Waals surface area (Å²) in [5.41, 5.74) is 5.79. The maximum atomic E-state index is 13.8. The van der Waals surface area contributed by atoms with Crippen LogP contribution in [0.1, 0.15) is 22.7 Å². The molecule has 0 aliphatic carbocycles. The van der Waals surface area contributed by atoms with Crippen LogP contribution in [-0.4, -0.2) is 0 Å². The lowest BCUT2D eigenvalue weighted by Crippen LogP contribution is -2.16. The first-order valence-corrected chi connectivity index (χ1v) is 5.94. The molecule has 0 radical (unpaired) electrons. The minimum absolute atomic E-state index is 0.0497. The van der Waals surface area contributed by atoms with Crippen LogP contribution in [0.3, 0.4) is 0 Å². The molecule has 1 nitrogen and oxygen atoms in total. The molecule has 0 amide bonds. The van der Waals surface area contributed by atoms with Crippen LogP contribution in [0.4, 0.5) is 13.2 Å². The average molecular weight is 286 g/mol. The standard InChI is InChI=1S/C14H11ClF3N/c1-7-5-12(18)8(6-11(7)17)14(19)13-9(15)3-2-4-10(13)16/h2-6,14H,19H2,1H3. The fraction of sp³-hybridized carbons (Fsp3) is 0.143. The van der Waals surface area contributed by atoms with Crippen LogP contribution in [0.25, 0.3) is 0 Å². The zero-order chi connectivity index (χ0) is 14.2. The minimum atomic E-state index is -1.16. The summed E-state index contributed by atoms with van der Waals surface area (Å²) >= 11 is 5.86. The molecule has 100 valence electrons. The Hall–Kier alpha value is -1.52. The van der Waals surface area contributed by atoms with Gasteiger partial charge in [-0.2, -0.15) is 0 Å². The number of aryl methyl sites for hydroxylation is 1. The summed E-state index contributed by atoms with van der Waals surface area (Å²) in [6.07, 6.45) is 0. The molecular formula is C14H11ClF3N. The van der Waals surface area contributed by atoms with Crippen molar-refractivity contribution in [3.63, 3.8) is 0 Å². The third-order valence-corrected chi connectivity index (χ3v) is 3.25. The van der Waals surface area contributed by atoms with Crippen LogP contribution in [0.5, 0.6) is 0 Å². The van der Waals surface area contributed by atoms with Gasteiger partial charge in [0.1, 0.15) is 17.5 Å². The van der Waals surface area contributed by atoms with Crippen molar-refractivity contribution in [1.82, 2.24) is 0 Å². The molecule has 0 aliphatic rings.